The van der Waals surface area contributed by atoms with Crippen LogP contribution < -0.4 is 15.0 Å². The number of anilines is 1. The number of ether oxygens (including phenoxy) is 1. The molecule has 4 rings (SSSR count). The van der Waals surface area contributed by atoms with Crippen molar-refractivity contribution in [2.45, 2.75) is 32.9 Å². The predicted molar refractivity (Wildman–Crippen MR) is 123 cm³/mol. The Kier molecular flexibility index (Phi) is 7.94. The lowest BCUT2D eigenvalue weighted by atomic mass is 10.1. The number of hydrogen-bond donors (Lipinski definition) is 2. The van der Waals surface area contributed by atoms with Gasteiger partial charge in [0, 0.05) is 23.4 Å². The number of halogens is 1. The third kappa shape index (κ3) is 5.43. The fourth-order valence-electron chi connectivity index (χ4n) is 3.59. The van der Waals surface area contributed by atoms with E-state index in [1.165, 1.54) is 34.5 Å². The first kappa shape index (κ1) is 22.4. The standard InChI is InChI=1S/C22H23FN2O2S.C2H6/c1-25(18-9-10-28-14-18)12-15-5-7-17(8-6-15)24-22(26)16-11-19-20(23)3-2-4-21(19)27-13-16;1-2/h2-8,11,18H,9-10,12-14H2,1H3,(H,24,26);1-2H3/p+1. The van der Waals surface area contributed by atoms with Gasteiger partial charge in [-0.15, -0.1) is 0 Å². The van der Waals surface area contributed by atoms with Crippen molar-refractivity contribution >= 4 is 29.4 Å². The summed E-state index contributed by atoms with van der Waals surface area (Å²) in [6.45, 7) is 5.11. The summed E-state index contributed by atoms with van der Waals surface area (Å²) in [5.41, 5.74) is 2.71. The molecule has 2 aromatic carbocycles. The number of carbonyl (C=O) groups excluding carboxylic acids is 1. The minimum absolute atomic E-state index is 0.133. The number of thioether (sulfide) groups is 1. The summed E-state index contributed by atoms with van der Waals surface area (Å²) in [4.78, 5) is 14.1. The first-order valence-corrected chi connectivity index (χ1v) is 11.7. The smallest absolute Gasteiger partial charge is 0.255 e. The summed E-state index contributed by atoms with van der Waals surface area (Å²) in [6.07, 6.45) is 2.85. The molecular weight excluding hydrogens is 399 g/mol. The number of rotatable bonds is 5. The molecule has 2 heterocycles. The van der Waals surface area contributed by atoms with E-state index in [0.717, 1.165) is 18.3 Å². The fraction of sp³-hybridized carbons (Fsp3) is 0.375. The van der Waals surface area contributed by atoms with Gasteiger partial charge in [0.25, 0.3) is 5.91 Å². The molecule has 160 valence electrons. The van der Waals surface area contributed by atoms with Crippen LogP contribution in [0.2, 0.25) is 0 Å². The van der Waals surface area contributed by atoms with E-state index in [0.29, 0.717) is 16.9 Å². The minimum Gasteiger partial charge on any atom is -0.488 e. The summed E-state index contributed by atoms with van der Waals surface area (Å²) < 4.78 is 19.4. The zero-order chi connectivity index (χ0) is 21.5. The minimum atomic E-state index is -0.390. The molecule has 0 bridgehead atoms. The van der Waals surface area contributed by atoms with Gasteiger partial charge in [0.05, 0.1) is 24.2 Å². The summed E-state index contributed by atoms with van der Waals surface area (Å²) in [5, 5.41) is 2.88. The Bertz CT molecular complexity index is 893. The van der Waals surface area contributed by atoms with Crippen molar-refractivity contribution in [2.75, 3.05) is 30.5 Å². The van der Waals surface area contributed by atoms with Crippen molar-refractivity contribution < 1.29 is 18.8 Å². The van der Waals surface area contributed by atoms with E-state index in [1.54, 1.807) is 18.2 Å². The van der Waals surface area contributed by atoms with Crippen molar-refractivity contribution in [1.82, 2.24) is 0 Å². The highest BCUT2D eigenvalue weighted by molar-refractivity contribution is 7.99. The first-order valence-electron chi connectivity index (χ1n) is 10.5. The molecule has 0 radical (unpaired) electrons. The summed E-state index contributed by atoms with van der Waals surface area (Å²) in [5.74, 6) is 2.31. The number of carbonyl (C=O) groups is 1. The second-order valence-electron chi connectivity index (χ2n) is 7.34. The van der Waals surface area contributed by atoms with Crippen LogP contribution in [0, 0.1) is 5.82 Å². The molecule has 1 amide bonds. The van der Waals surface area contributed by atoms with Crippen LogP contribution in [0.4, 0.5) is 10.1 Å². The van der Waals surface area contributed by atoms with Crippen LogP contribution in [0.3, 0.4) is 0 Å². The molecule has 2 aromatic rings. The van der Waals surface area contributed by atoms with Crippen molar-refractivity contribution in [3.05, 3.63) is 65.0 Å². The number of fused-ring (bicyclic) bond motifs is 1. The Hall–Kier alpha value is -2.31. The van der Waals surface area contributed by atoms with Crippen LogP contribution in [-0.2, 0) is 11.3 Å². The SMILES string of the molecule is CC.C[NH+](Cc1ccc(NC(=O)C2=Cc3c(F)cccc3OC2)cc1)C1CCSC1. The highest BCUT2D eigenvalue weighted by Gasteiger charge is 2.23. The van der Waals surface area contributed by atoms with Crippen LogP contribution in [0.25, 0.3) is 6.08 Å². The molecule has 2 N–H and O–H groups in total. The lowest BCUT2D eigenvalue weighted by molar-refractivity contribution is -0.916. The third-order valence-corrected chi connectivity index (χ3v) is 6.49. The fourth-order valence-corrected chi connectivity index (χ4v) is 4.95. The van der Waals surface area contributed by atoms with Crippen LogP contribution in [0.1, 0.15) is 31.4 Å². The van der Waals surface area contributed by atoms with Gasteiger partial charge in [-0.25, -0.2) is 4.39 Å². The van der Waals surface area contributed by atoms with Crippen LogP contribution in [0.5, 0.6) is 5.75 Å². The number of nitrogens with one attached hydrogen (secondary N) is 2. The Balaban J connectivity index is 0.00000124. The van der Waals surface area contributed by atoms with Gasteiger partial charge < -0.3 is 15.0 Å². The zero-order valence-electron chi connectivity index (χ0n) is 17.8. The van der Waals surface area contributed by atoms with E-state index in [1.807, 2.05) is 37.7 Å². The summed E-state index contributed by atoms with van der Waals surface area (Å²) in [6, 6.07) is 13.3. The van der Waals surface area contributed by atoms with E-state index < -0.39 is 0 Å². The molecule has 0 spiro atoms. The van der Waals surface area contributed by atoms with Gasteiger partial charge in [-0.05, 0) is 36.1 Å². The van der Waals surface area contributed by atoms with Gasteiger partial charge in [-0.2, -0.15) is 11.8 Å². The maximum atomic E-state index is 13.9. The molecule has 1 saturated heterocycles. The normalized spacial score (nSPS) is 18.3. The number of hydrogen-bond acceptors (Lipinski definition) is 3. The number of amides is 1. The Labute approximate surface area is 182 Å². The van der Waals surface area contributed by atoms with Gasteiger partial charge in [0.1, 0.15) is 24.7 Å². The molecule has 2 aliphatic heterocycles. The highest BCUT2D eigenvalue weighted by atomic mass is 32.2. The summed E-state index contributed by atoms with van der Waals surface area (Å²) in [7, 11) is 2.25. The van der Waals surface area contributed by atoms with Crippen LogP contribution in [0.15, 0.2) is 48.0 Å². The van der Waals surface area contributed by atoms with E-state index in [2.05, 4.69) is 24.5 Å². The summed E-state index contributed by atoms with van der Waals surface area (Å²) >= 11 is 2.03. The maximum Gasteiger partial charge on any atom is 0.255 e. The van der Waals surface area contributed by atoms with Crippen molar-refractivity contribution in [3.63, 3.8) is 0 Å². The quantitative estimate of drug-likeness (QED) is 0.760. The molecule has 0 aromatic heterocycles. The Morgan fingerprint density at radius 1 is 1.23 bits per heavy atom. The topological polar surface area (TPSA) is 42.8 Å². The third-order valence-electron chi connectivity index (χ3n) is 5.33. The molecule has 1 fully saturated rings. The Morgan fingerprint density at radius 3 is 2.70 bits per heavy atom. The first-order chi connectivity index (χ1) is 14.6. The van der Waals surface area contributed by atoms with Gasteiger partial charge in [-0.3, -0.25) is 4.79 Å². The Morgan fingerprint density at radius 2 is 2.00 bits per heavy atom. The van der Waals surface area contributed by atoms with E-state index in [-0.39, 0.29) is 18.3 Å². The zero-order valence-corrected chi connectivity index (χ0v) is 18.7. The van der Waals surface area contributed by atoms with Crippen molar-refractivity contribution in [2.24, 2.45) is 0 Å². The predicted octanol–water partition coefficient (Wildman–Crippen LogP) is 3.79. The van der Waals surface area contributed by atoms with E-state index >= 15 is 0 Å². The molecule has 6 heteroatoms. The van der Waals surface area contributed by atoms with Gasteiger partial charge >= 0.3 is 0 Å². The molecule has 2 aliphatic rings. The second-order valence-corrected chi connectivity index (χ2v) is 8.49. The number of quaternary nitrogens is 1. The monoisotopic (exact) mass is 429 g/mol. The average molecular weight is 430 g/mol. The van der Waals surface area contributed by atoms with E-state index in [9.17, 15) is 9.18 Å². The molecule has 0 aliphatic carbocycles. The lowest BCUT2D eigenvalue weighted by Crippen LogP contribution is -3.11. The highest BCUT2D eigenvalue weighted by Crippen LogP contribution is 2.28. The van der Waals surface area contributed by atoms with E-state index in [4.69, 9.17) is 4.74 Å². The van der Waals surface area contributed by atoms with Crippen molar-refractivity contribution in [1.29, 1.82) is 0 Å². The van der Waals surface area contributed by atoms with Crippen LogP contribution in [-0.4, -0.2) is 37.1 Å². The van der Waals surface area contributed by atoms with Crippen molar-refractivity contribution in [3.8, 4) is 5.75 Å². The lowest BCUT2D eigenvalue weighted by Gasteiger charge is -2.20. The molecule has 2 unspecified atom stereocenters. The van der Waals surface area contributed by atoms with Gasteiger partial charge in [0.2, 0.25) is 0 Å². The average Bonchev–Trinajstić information content (AvgIpc) is 3.32. The maximum absolute atomic E-state index is 13.9. The molecule has 0 saturated carbocycles. The molecule has 2 atom stereocenters. The van der Waals surface area contributed by atoms with Gasteiger partial charge in [-0.1, -0.05) is 32.0 Å². The molecular formula is C24H30FN2O2S+. The largest absolute Gasteiger partial charge is 0.488 e. The molecule has 4 nitrogen and oxygen atoms in total. The molecule has 30 heavy (non-hydrogen) atoms. The van der Waals surface area contributed by atoms with Crippen LogP contribution >= 0.6 is 11.8 Å². The second kappa shape index (κ2) is 10.6. The number of benzene rings is 2. The van der Waals surface area contributed by atoms with Gasteiger partial charge in [0.15, 0.2) is 0 Å².